The van der Waals surface area contributed by atoms with Gasteiger partial charge in [-0.05, 0) is 44.7 Å². The first-order valence-electron chi connectivity index (χ1n) is 12.3. The van der Waals surface area contributed by atoms with Gasteiger partial charge in [-0.3, -0.25) is 4.79 Å². The zero-order chi connectivity index (χ0) is 24.5. The standard InChI is InChI=1S/C24H34N10O/c1-16-12-34-22(29-23(16)31-9-6-18(27)13-31)11-19(30-34)20-4-2-3-8-33(20)24(35)17-5-7-28-21(10-17)32(14-25)15-26/h5,7,10-12,18,20H,2-4,6,8-9,13-15,25-27H2,1H3/t18-,20-/m0/s1. The highest BCUT2D eigenvalue weighted by Crippen LogP contribution is 2.33. The molecule has 0 aliphatic carbocycles. The molecule has 0 spiro atoms. The van der Waals surface area contributed by atoms with Gasteiger partial charge in [0.05, 0.1) is 25.1 Å². The second-order valence-corrected chi connectivity index (χ2v) is 9.43. The summed E-state index contributed by atoms with van der Waals surface area (Å²) in [7, 11) is 0. The molecule has 0 aromatic carbocycles. The molecule has 1 amide bonds. The molecule has 3 aromatic rings. The first-order valence-corrected chi connectivity index (χ1v) is 12.3. The normalized spacial score (nSPS) is 20.6. The number of hydrogen-bond donors (Lipinski definition) is 3. The minimum atomic E-state index is -0.112. The number of nitrogens with two attached hydrogens (primary N) is 3. The fourth-order valence-electron chi connectivity index (χ4n) is 5.12. The number of aromatic nitrogens is 4. The Bertz CT molecular complexity index is 1210. The Labute approximate surface area is 204 Å². The Kier molecular flexibility index (Phi) is 6.54. The van der Waals surface area contributed by atoms with E-state index in [0.29, 0.717) is 17.9 Å². The number of amides is 1. The summed E-state index contributed by atoms with van der Waals surface area (Å²) in [6.07, 6.45) is 7.48. The molecule has 11 nitrogen and oxygen atoms in total. The molecule has 2 aliphatic rings. The van der Waals surface area contributed by atoms with E-state index in [1.807, 2.05) is 21.7 Å². The van der Waals surface area contributed by atoms with Crippen LogP contribution in [0.2, 0.25) is 0 Å². The number of aryl methyl sites for hydroxylation is 1. The van der Waals surface area contributed by atoms with Gasteiger partial charge in [0, 0.05) is 55.3 Å². The van der Waals surface area contributed by atoms with Gasteiger partial charge in [-0.2, -0.15) is 5.10 Å². The van der Waals surface area contributed by atoms with Crippen LogP contribution >= 0.6 is 0 Å². The number of piperidine rings is 1. The monoisotopic (exact) mass is 478 g/mol. The number of nitrogens with zero attached hydrogens (tertiary/aromatic N) is 7. The van der Waals surface area contributed by atoms with Gasteiger partial charge in [0.1, 0.15) is 11.6 Å². The van der Waals surface area contributed by atoms with E-state index in [-0.39, 0.29) is 31.3 Å². The molecule has 35 heavy (non-hydrogen) atoms. The first kappa shape index (κ1) is 23.5. The van der Waals surface area contributed by atoms with Crippen molar-refractivity contribution >= 4 is 23.2 Å². The van der Waals surface area contributed by atoms with Crippen molar-refractivity contribution in [3.63, 3.8) is 0 Å². The number of likely N-dealkylation sites (tertiary alicyclic amines) is 1. The Morgan fingerprint density at radius 2 is 2.00 bits per heavy atom. The van der Waals surface area contributed by atoms with Crippen LogP contribution in [0, 0.1) is 6.92 Å². The smallest absolute Gasteiger partial charge is 0.254 e. The fraction of sp³-hybridized carbons (Fsp3) is 0.500. The van der Waals surface area contributed by atoms with Crippen molar-refractivity contribution in [1.82, 2.24) is 24.5 Å². The second kappa shape index (κ2) is 9.76. The van der Waals surface area contributed by atoms with Crippen molar-refractivity contribution < 1.29 is 4.79 Å². The maximum Gasteiger partial charge on any atom is 0.254 e. The summed E-state index contributed by atoms with van der Waals surface area (Å²) in [5, 5.41) is 4.84. The number of hydrogen-bond acceptors (Lipinski definition) is 9. The van der Waals surface area contributed by atoms with E-state index in [4.69, 9.17) is 27.3 Å². The molecule has 2 aliphatic heterocycles. The van der Waals surface area contributed by atoms with Crippen molar-refractivity contribution in [3.8, 4) is 0 Å². The van der Waals surface area contributed by atoms with Crippen LogP contribution in [0.4, 0.5) is 11.6 Å². The zero-order valence-electron chi connectivity index (χ0n) is 20.2. The van der Waals surface area contributed by atoms with Crippen LogP contribution in [0.5, 0.6) is 0 Å². The zero-order valence-corrected chi connectivity index (χ0v) is 20.2. The van der Waals surface area contributed by atoms with Crippen molar-refractivity contribution in [1.29, 1.82) is 0 Å². The third-order valence-electron chi connectivity index (χ3n) is 7.01. The third-order valence-corrected chi connectivity index (χ3v) is 7.01. The number of pyridine rings is 1. The van der Waals surface area contributed by atoms with Crippen molar-refractivity contribution in [2.45, 2.75) is 44.7 Å². The van der Waals surface area contributed by atoms with E-state index in [1.165, 1.54) is 0 Å². The van der Waals surface area contributed by atoms with Gasteiger partial charge in [-0.25, -0.2) is 14.5 Å². The molecular formula is C24H34N10O. The number of anilines is 2. The van der Waals surface area contributed by atoms with Crippen molar-refractivity contribution in [2.75, 3.05) is 42.8 Å². The van der Waals surface area contributed by atoms with Gasteiger partial charge in [0.2, 0.25) is 0 Å². The van der Waals surface area contributed by atoms with Gasteiger partial charge < -0.3 is 31.9 Å². The average Bonchev–Trinajstić information content (AvgIpc) is 3.49. The second-order valence-electron chi connectivity index (χ2n) is 9.43. The maximum atomic E-state index is 13.6. The highest BCUT2D eigenvalue weighted by molar-refractivity contribution is 5.95. The lowest BCUT2D eigenvalue weighted by Crippen LogP contribution is -2.39. The van der Waals surface area contributed by atoms with Crippen LogP contribution in [0.25, 0.3) is 5.65 Å². The van der Waals surface area contributed by atoms with Crippen molar-refractivity contribution in [3.05, 3.63) is 47.4 Å². The van der Waals surface area contributed by atoms with Gasteiger partial charge in [0.15, 0.2) is 5.65 Å². The maximum absolute atomic E-state index is 13.6. The molecule has 0 saturated carbocycles. The molecule has 2 saturated heterocycles. The fourth-order valence-corrected chi connectivity index (χ4v) is 5.12. The lowest BCUT2D eigenvalue weighted by molar-refractivity contribution is 0.0605. The van der Waals surface area contributed by atoms with Gasteiger partial charge in [-0.15, -0.1) is 0 Å². The van der Waals surface area contributed by atoms with Crippen LogP contribution in [0.1, 0.15) is 53.3 Å². The number of carbonyl (C=O) groups excluding carboxylic acids is 1. The van der Waals surface area contributed by atoms with Gasteiger partial charge in [0.25, 0.3) is 5.91 Å². The summed E-state index contributed by atoms with van der Waals surface area (Å²) in [5.74, 6) is 1.51. The topological polar surface area (TPSA) is 148 Å². The molecule has 186 valence electrons. The third kappa shape index (κ3) is 4.54. The predicted octanol–water partition coefficient (Wildman–Crippen LogP) is 0.976. The molecule has 5 rings (SSSR count). The number of carbonyl (C=O) groups is 1. The summed E-state index contributed by atoms with van der Waals surface area (Å²) in [5.41, 5.74) is 20.9. The van der Waals surface area contributed by atoms with Gasteiger partial charge >= 0.3 is 0 Å². The molecule has 5 heterocycles. The van der Waals surface area contributed by atoms with E-state index < -0.39 is 0 Å². The Balaban J connectivity index is 1.44. The SMILES string of the molecule is Cc1cn2nc([C@@H]3CCCCN3C(=O)c3ccnc(N(CN)CN)c3)cc2nc1N1CC[C@H](N)C1. The molecule has 0 radical (unpaired) electrons. The molecule has 2 fully saturated rings. The van der Waals surface area contributed by atoms with E-state index >= 15 is 0 Å². The summed E-state index contributed by atoms with van der Waals surface area (Å²) in [6.45, 7) is 4.91. The van der Waals surface area contributed by atoms with Crippen LogP contribution in [-0.2, 0) is 0 Å². The Morgan fingerprint density at radius 3 is 2.74 bits per heavy atom. The molecule has 0 bridgehead atoms. The lowest BCUT2D eigenvalue weighted by Gasteiger charge is -2.35. The lowest BCUT2D eigenvalue weighted by atomic mass is 9.98. The summed E-state index contributed by atoms with van der Waals surface area (Å²) >= 11 is 0. The Hall–Kier alpha value is -3.28. The molecule has 6 N–H and O–H groups in total. The van der Waals surface area contributed by atoms with Gasteiger partial charge in [-0.1, -0.05) is 0 Å². The van der Waals surface area contributed by atoms with Crippen LogP contribution in [-0.4, -0.2) is 69.4 Å². The molecule has 0 unspecified atom stereocenters. The number of rotatable bonds is 6. The molecular weight excluding hydrogens is 444 g/mol. The van der Waals surface area contributed by atoms with E-state index in [2.05, 4.69) is 16.8 Å². The minimum absolute atomic E-state index is 0.0414. The summed E-state index contributed by atoms with van der Waals surface area (Å²) < 4.78 is 1.83. The van der Waals surface area contributed by atoms with E-state index in [1.54, 1.807) is 23.2 Å². The largest absolute Gasteiger partial charge is 0.355 e. The average molecular weight is 479 g/mol. The minimum Gasteiger partial charge on any atom is -0.355 e. The van der Waals surface area contributed by atoms with Crippen LogP contribution in [0.3, 0.4) is 0 Å². The van der Waals surface area contributed by atoms with Crippen molar-refractivity contribution in [2.24, 2.45) is 17.2 Å². The number of fused-ring (bicyclic) bond motifs is 1. The first-order chi connectivity index (χ1) is 17.0. The van der Waals surface area contributed by atoms with Crippen LogP contribution < -0.4 is 27.0 Å². The predicted molar refractivity (Wildman–Crippen MR) is 135 cm³/mol. The Morgan fingerprint density at radius 1 is 1.17 bits per heavy atom. The van der Waals surface area contributed by atoms with E-state index in [0.717, 1.165) is 61.5 Å². The molecule has 11 heteroatoms. The summed E-state index contributed by atoms with van der Waals surface area (Å²) in [4.78, 5) is 28.7. The van der Waals surface area contributed by atoms with Crippen LogP contribution in [0.15, 0.2) is 30.6 Å². The molecule has 2 atom stereocenters. The van der Waals surface area contributed by atoms with E-state index in [9.17, 15) is 4.79 Å². The quantitative estimate of drug-likeness (QED) is 0.441. The highest BCUT2D eigenvalue weighted by atomic mass is 16.2. The summed E-state index contributed by atoms with van der Waals surface area (Å²) in [6, 6.07) is 5.58. The molecule has 3 aromatic heterocycles. The highest BCUT2D eigenvalue weighted by Gasteiger charge is 2.31.